The Hall–Kier alpha value is -3.72. The number of anilines is 2. The Kier molecular flexibility index (Phi) is 6.46. The van der Waals surface area contributed by atoms with Gasteiger partial charge in [-0.1, -0.05) is 0 Å². The summed E-state index contributed by atoms with van der Waals surface area (Å²) in [4.78, 5) is 12.6. The van der Waals surface area contributed by atoms with Gasteiger partial charge in [0.05, 0.1) is 12.2 Å². The highest BCUT2D eigenvalue weighted by molar-refractivity contribution is 7.09. The average molecular weight is 449 g/mol. The predicted molar refractivity (Wildman–Crippen MR) is 130 cm³/mol. The number of nitrogens with one attached hydrogen (secondary N) is 3. The lowest BCUT2D eigenvalue weighted by Gasteiger charge is -2.15. The summed E-state index contributed by atoms with van der Waals surface area (Å²) in [5.74, 6) is 0.984. The van der Waals surface area contributed by atoms with Gasteiger partial charge in [-0.3, -0.25) is 10.4 Å². The van der Waals surface area contributed by atoms with E-state index in [9.17, 15) is 0 Å². The van der Waals surface area contributed by atoms with Gasteiger partial charge in [0.1, 0.15) is 29.3 Å². The van der Waals surface area contributed by atoms with Crippen LogP contribution >= 0.6 is 11.3 Å². The molecule has 32 heavy (non-hydrogen) atoms. The molecule has 0 amide bonds. The van der Waals surface area contributed by atoms with Gasteiger partial charge >= 0.3 is 0 Å². The molecule has 0 bridgehead atoms. The second kappa shape index (κ2) is 9.61. The number of hydrogen-bond donors (Lipinski definition) is 3. The quantitative estimate of drug-likeness (QED) is 0.349. The SMILES string of the molecule is C=Nc1ccc(NC2=NCC(C)O2)cc1C(=N)Nc1ccc(OCc2nccs2)c(C)c1. The Labute approximate surface area is 190 Å². The fraction of sp³-hybridized carbons (Fsp3) is 0.217. The largest absolute Gasteiger partial charge is 0.486 e. The van der Waals surface area contributed by atoms with E-state index in [1.165, 1.54) is 0 Å². The molecule has 0 fully saturated rings. The maximum absolute atomic E-state index is 8.60. The number of rotatable bonds is 7. The molecule has 1 aliphatic rings. The highest BCUT2D eigenvalue weighted by Gasteiger charge is 2.16. The summed E-state index contributed by atoms with van der Waals surface area (Å²) in [5, 5.41) is 17.7. The molecule has 8 nitrogen and oxygen atoms in total. The van der Waals surface area contributed by atoms with Crippen molar-refractivity contribution < 1.29 is 9.47 Å². The van der Waals surface area contributed by atoms with Crippen LogP contribution in [0.2, 0.25) is 0 Å². The third-order valence-electron chi connectivity index (χ3n) is 4.77. The lowest BCUT2D eigenvalue weighted by atomic mass is 10.1. The van der Waals surface area contributed by atoms with Crippen LogP contribution in [0, 0.1) is 12.3 Å². The number of aryl methyl sites for hydroxylation is 1. The molecular formula is C23H24N6O2S. The lowest BCUT2D eigenvalue weighted by molar-refractivity contribution is 0.245. The zero-order valence-corrected chi connectivity index (χ0v) is 18.7. The van der Waals surface area contributed by atoms with Crippen LogP contribution in [0.3, 0.4) is 0 Å². The summed E-state index contributed by atoms with van der Waals surface area (Å²) in [5.41, 5.74) is 3.71. The summed E-state index contributed by atoms with van der Waals surface area (Å²) in [7, 11) is 0. The number of aliphatic imine (C=N–C) groups is 2. The van der Waals surface area contributed by atoms with E-state index in [-0.39, 0.29) is 11.9 Å². The number of amidine groups is 2. The van der Waals surface area contributed by atoms with Gasteiger partial charge in [0.2, 0.25) is 0 Å². The van der Waals surface area contributed by atoms with Crippen molar-refractivity contribution in [1.29, 1.82) is 5.41 Å². The Morgan fingerprint density at radius 3 is 2.84 bits per heavy atom. The molecule has 0 spiro atoms. The number of aromatic nitrogens is 1. The van der Waals surface area contributed by atoms with Crippen molar-refractivity contribution in [3.63, 3.8) is 0 Å². The summed E-state index contributed by atoms with van der Waals surface area (Å²) < 4.78 is 11.5. The lowest BCUT2D eigenvalue weighted by Crippen LogP contribution is -2.17. The molecule has 2 aromatic carbocycles. The van der Waals surface area contributed by atoms with Crippen molar-refractivity contribution in [2.24, 2.45) is 9.98 Å². The molecule has 4 rings (SSSR count). The molecule has 9 heteroatoms. The number of benzene rings is 2. The monoisotopic (exact) mass is 448 g/mol. The van der Waals surface area contributed by atoms with Crippen LogP contribution in [-0.2, 0) is 11.3 Å². The van der Waals surface area contributed by atoms with Gasteiger partial charge in [-0.15, -0.1) is 11.3 Å². The fourth-order valence-electron chi connectivity index (χ4n) is 3.19. The zero-order chi connectivity index (χ0) is 22.5. The maximum Gasteiger partial charge on any atom is 0.289 e. The van der Waals surface area contributed by atoms with Crippen molar-refractivity contribution in [1.82, 2.24) is 4.98 Å². The van der Waals surface area contributed by atoms with Crippen LogP contribution in [-0.4, -0.2) is 36.2 Å². The minimum absolute atomic E-state index is 0.0582. The standard InChI is InChI=1S/C23H24N6O2S/c1-14-10-16(5-7-20(14)30-13-21-26-8-9-32-21)28-22(24)18-11-17(4-6-19(18)25-3)29-23-27-12-15(2)31-23/h4-11,15H,3,12-13H2,1-2H3,(H2,24,28)(H,27,29). The summed E-state index contributed by atoms with van der Waals surface area (Å²) in [6.45, 7) is 8.62. The first kappa shape index (κ1) is 21.5. The van der Waals surface area contributed by atoms with Gasteiger partial charge in [0.25, 0.3) is 6.02 Å². The van der Waals surface area contributed by atoms with E-state index in [2.05, 4.69) is 32.3 Å². The van der Waals surface area contributed by atoms with Crippen LogP contribution in [0.5, 0.6) is 5.75 Å². The van der Waals surface area contributed by atoms with Crippen molar-refractivity contribution in [3.8, 4) is 5.75 Å². The summed E-state index contributed by atoms with van der Waals surface area (Å²) in [6, 6.07) is 11.7. The van der Waals surface area contributed by atoms with Crippen LogP contribution in [0.25, 0.3) is 0 Å². The van der Waals surface area contributed by atoms with Gasteiger partial charge in [0, 0.05) is 28.5 Å². The van der Waals surface area contributed by atoms with Gasteiger partial charge in [-0.25, -0.2) is 9.98 Å². The van der Waals surface area contributed by atoms with Gasteiger partial charge < -0.3 is 20.1 Å². The van der Waals surface area contributed by atoms with Crippen molar-refractivity contribution in [2.45, 2.75) is 26.6 Å². The van der Waals surface area contributed by atoms with Crippen molar-refractivity contribution in [2.75, 3.05) is 17.2 Å². The number of nitrogens with zero attached hydrogens (tertiary/aromatic N) is 3. The Bertz CT molecular complexity index is 1160. The smallest absolute Gasteiger partial charge is 0.289 e. The van der Waals surface area contributed by atoms with Crippen molar-refractivity contribution in [3.05, 3.63) is 64.1 Å². The topological polar surface area (TPSA) is 104 Å². The Morgan fingerprint density at radius 2 is 2.16 bits per heavy atom. The highest BCUT2D eigenvalue weighted by Crippen LogP contribution is 2.27. The molecule has 0 aliphatic carbocycles. The molecule has 2 heterocycles. The fourth-order valence-corrected chi connectivity index (χ4v) is 3.71. The molecular weight excluding hydrogens is 424 g/mol. The number of hydrogen-bond acceptors (Lipinski definition) is 8. The molecule has 0 radical (unpaired) electrons. The molecule has 1 aromatic heterocycles. The van der Waals surface area contributed by atoms with Crippen LogP contribution in [0.4, 0.5) is 17.1 Å². The van der Waals surface area contributed by atoms with Gasteiger partial charge in [0.15, 0.2) is 0 Å². The van der Waals surface area contributed by atoms with Crippen LogP contribution < -0.4 is 15.4 Å². The Morgan fingerprint density at radius 1 is 1.31 bits per heavy atom. The van der Waals surface area contributed by atoms with E-state index in [0.717, 1.165) is 27.7 Å². The zero-order valence-electron chi connectivity index (χ0n) is 17.9. The van der Waals surface area contributed by atoms with E-state index in [1.54, 1.807) is 23.6 Å². The Balaban J connectivity index is 1.46. The third kappa shape index (κ3) is 5.12. The molecule has 0 saturated heterocycles. The normalized spacial score (nSPS) is 14.9. The first-order valence-corrected chi connectivity index (χ1v) is 11.0. The maximum atomic E-state index is 8.60. The summed E-state index contributed by atoms with van der Waals surface area (Å²) in [6.07, 6.45) is 1.82. The van der Waals surface area contributed by atoms with Crippen LogP contribution in [0.15, 0.2) is 58.0 Å². The molecule has 164 valence electrons. The third-order valence-corrected chi connectivity index (χ3v) is 5.52. The molecule has 1 aliphatic heterocycles. The van der Waals surface area contributed by atoms with E-state index >= 15 is 0 Å². The molecule has 0 saturated carbocycles. The van der Waals surface area contributed by atoms with E-state index in [1.807, 2.05) is 49.6 Å². The average Bonchev–Trinajstić information content (AvgIpc) is 3.45. The molecule has 1 unspecified atom stereocenters. The van der Waals surface area contributed by atoms with E-state index in [0.29, 0.717) is 30.4 Å². The number of ether oxygens (including phenoxy) is 2. The van der Waals surface area contributed by atoms with Gasteiger partial charge in [-0.05, 0) is 62.5 Å². The van der Waals surface area contributed by atoms with Gasteiger partial charge in [-0.2, -0.15) is 0 Å². The van der Waals surface area contributed by atoms with E-state index < -0.39 is 0 Å². The molecule has 1 atom stereocenters. The highest BCUT2D eigenvalue weighted by atomic mass is 32.1. The minimum atomic E-state index is 0.0582. The van der Waals surface area contributed by atoms with E-state index in [4.69, 9.17) is 14.9 Å². The molecule has 3 N–H and O–H groups in total. The second-order valence-corrected chi connectivity index (χ2v) is 8.26. The van der Waals surface area contributed by atoms with Crippen LogP contribution in [0.1, 0.15) is 23.1 Å². The second-order valence-electron chi connectivity index (χ2n) is 7.28. The summed E-state index contributed by atoms with van der Waals surface area (Å²) >= 11 is 1.56. The molecule has 3 aromatic rings. The first-order valence-electron chi connectivity index (χ1n) is 10.1. The van der Waals surface area contributed by atoms with Crippen molar-refractivity contribution >= 4 is 47.0 Å². The number of thiazole rings is 1. The predicted octanol–water partition coefficient (Wildman–Crippen LogP) is 4.99. The minimum Gasteiger partial charge on any atom is -0.486 e. The first-order chi connectivity index (χ1) is 15.5.